The van der Waals surface area contributed by atoms with E-state index in [0.29, 0.717) is 42.1 Å². The summed E-state index contributed by atoms with van der Waals surface area (Å²) in [4.78, 5) is 17.8. The number of H-pyrrole nitrogens is 1. The van der Waals surface area contributed by atoms with Crippen molar-refractivity contribution in [1.29, 1.82) is 0 Å². The van der Waals surface area contributed by atoms with Crippen LogP contribution >= 0.6 is 0 Å². The van der Waals surface area contributed by atoms with Gasteiger partial charge in [-0.25, -0.2) is 4.98 Å². The van der Waals surface area contributed by atoms with Gasteiger partial charge in [0, 0.05) is 24.1 Å². The highest BCUT2D eigenvalue weighted by Gasteiger charge is 2.20. The van der Waals surface area contributed by atoms with Crippen molar-refractivity contribution in [1.82, 2.24) is 25.6 Å². The first kappa shape index (κ1) is 22.5. The number of carbonyl (C=O) groups excluding carboxylic acids is 1. The molecule has 1 aliphatic carbocycles. The van der Waals surface area contributed by atoms with E-state index in [-0.39, 0.29) is 12.0 Å². The summed E-state index contributed by atoms with van der Waals surface area (Å²) in [5.74, 6) is 1.44. The number of ether oxygens (including phenoxy) is 2. The van der Waals surface area contributed by atoms with Crippen LogP contribution in [0.1, 0.15) is 61.1 Å². The molecule has 0 spiro atoms. The van der Waals surface area contributed by atoms with E-state index < -0.39 is 0 Å². The maximum atomic E-state index is 13.1. The number of benzene rings is 1. The van der Waals surface area contributed by atoms with Gasteiger partial charge in [-0.1, -0.05) is 38.2 Å². The lowest BCUT2D eigenvalue weighted by Gasteiger charge is -2.25. The Morgan fingerprint density at radius 1 is 1.09 bits per heavy atom. The minimum Gasteiger partial charge on any atom is -0.488 e. The average Bonchev–Trinajstić information content (AvgIpc) is 3.42. The van der Waals surface area contributed by atoms with Crippen LogP contribution in [0, 0.1) is 5.92 Å². The molecule has 0 bridgehead atoms. The van der Waals surface area contributed by atoms with E-state index in [1.165, 1.54) is 32.1 Å². The molecule has 0 atom stereocenters. The number of aromatic amines is 1. The van der Waals surface area contributed by atoms with Crippen molar-refractivity contribution in [3.63, 3.8) is 0 Å². The molecule has 2 N–H and O–H groups in total. The van der Waals surface area contributed by atoms with E-state index in [1.54, 1.807) is 6.07 Å². The smallest absolute Gasteiger partial charge is 0.274 e. The number of nitrogens with one attached hydrogen (secondary N) is 2. The fourth-order valence-electron chi connectivity index (χ4n) is 4.71. The number of anilines is 1. The number of tetrazole rings is 1. The lowest BCUT2D eigenvalue weighted by atomic mass is 9.86. The standard InChI is InChI=1S/C25H30N6O3/c32-25(22-8-4-7-19(26-22)15-17-5-2-1-3-6-17)27-21-10-9-18(24-28-30-31-29-24)16-23(21)34-20-11-13-33-14-12-20/h4,7-10,16-17,20H,1-3,5-6,11-15H2,(H,27,32)(H,28,29,30,31). The van der Waals surface area contributed by atoms with Gasteiger partial charge in [-0.3, -0.25) is 4.79 Å². The number of hydrogen-bond donors (Lipinski definition) is 2. The summed E-state index contributed by atoms with van der Waals surface area (Å²) in [7, 11) is 0. The van der Waals surface area contributed by atoms with Gasteiger partial charge in [-0.2, -0.15) is 5.21 Å². The highest BCUT2D eigenvalue weighted by atomic mass is 16.5. The van der Waals surface area contributed by atoms with Gasteiger partial charge in [-0.05, 0) is 47.9 Å². The summed E-state index contributed by atoms with van der Waals surface area (Å²) in [6, 6.07) is 11.2. The number of aromatic nitrogens is 5. The second-order valence-electron chi connectivity index (χ2n) is 9.05. The van der Waals surface area contributed by atoms with Gasteiger partial charge in [0.2, 0.25) is 5.82 Å². The number of amides is 1. The van der Waals surface area contributed by atoms with Crippen molar-refractivity contribution in [2.24, 2.45) is 5.92 Å². The first-order chi connectivity index (χ1) is 16.7. The summed E-state index contributed by atoms with van der Waals surface area (Å²) in [6.45, 7) is 1.32. The monoisotopic (exact) mass is 462 g/mol. The van der Waals surface area contributed by atoms with Crippen LogP contribution in [0.5, 0.6) is 5.75 Å². The van der Waals surface area contributed by atoms with Crippen LogP contribution < -0.4 is 10.1 Å². The van der Waals surface area contributed by atoms with Crippen LogP contribution in [0.3, 0.4) is 0 Å². The molecule has 9 heteroatoms. The van der Waals surface area contributed by atoms with Crippen LogP contribution in [0.25, 0.3) is 11.4 Å². The molecule has 5 rings (SSSR count). The predicted octanol–water partition coefficient (Wildman–Crippen LogP) is 4.19. The molecule has 34 heavy (non-hydrogen) atoms. The van der Waals surface area contributed by atoms with Gasteiger partial charge >= 0.3 is 0 Å². The Kier molecular flexibility index (Phi) is 7.09. The first-order valence-electron chi connectivity index (χ1n) is 12.1. The van der Waals surface area contributed by atoms with Gasteiger partial charge in [-0.15, -0.1) is 10.2 Å². The Balaban J connectivity index is 1.34. The lowest BCUT2D eigenvalue weighted by molar-refractivity contribution is 0.0258. The summed E-state index contributed by atoms with van der Waals surface area (Å²) in [5, 5.41) is 17.2. The average molecular weight is 463 g/mol. The maximum Gasteiger partial charge on any atom is 0.274 e. The molecule has 1 saturated carbocycles. The molecule has 1 saturated heterocycles. The summed E-state index contributed by atoms with van der Waals surface area (Å²) < 4.78 is 11.7. The van der Waals surface area contributed by atoms with E-state index in [9.17, 15) is 4.79 Å². The second kappa shape index (κ2) is 10.7. The van der Waals surface area contributed by atoms with Crippen molar-refractivity contribution in [2.75, 3.05) is 18.5 Å². The molecule has 2 aliphatic rings. The summed E-state index contributed by atoms with van der Waals surface area (Å²) >= 11 is 0. The van der Waals surface area contributed by atoms with Crippen LogP contribution in [-0.4, -0.2) is 50.8 Å². The quantitative estimate of drug-likeness (QED) is 0.541. The highest BCUT2D eigenvalue weighted by molar-refractivity contribution is 6.03. The molecule has 1 aliphatic heterocycles. The van der Waals surface area contributed by atoms with Crippen LogP contribution in [0.4, 0.5) is 5.69 Å². The molecule has 1 amide bonds. The minimum atomic E-state index is -0.255. The van der Waals surface area contributed by atoms with Crippen molar-refractivity contribution < 1.29 is 14.3 Å². The minimum absolute atomic E-state index is 0.0156. The fraction of sp³-hybridized carbons (Fsp3) is 0.480. The third-order valence-corrected chi connectivity index (χ3v) is 6.56. The van der Waals surface area contributed by atoms with Crippen molar-refractivity contribution in [2.45, 2.75) is 57.5 Å². The van der Waals surface area contributed by atoms with Gasteiger partial charge in [0.25, 0.3) is 5.91 Å². The topological polar surface area (TPSA) is 115 Å². The van der Waals surface area contributed by atoms with Gasteiger partial charge < -0.3 is 14.8 Å². The van der Waals surface area contributed by atoms with Gasteiger partial charge in [0.1, 0.15) is 17.5 Å². The fourth-order valence-corrected chi connectivity index (χ4v) is 4.71. The van der Waals surface area contributed by atoms with Crippen LogP contribution in [-0.2, 0) is 11.2 Å². The molecule has 3 heterocycles. The van der Waals surface area contributed by atoms with Crippen molar-refractivity contribution >= 4 is 11.6 Å². The highest BCUT2D eigenvalue weighted by Crippen LogP contribution is 2.32. The van der Waals surface area contributed by atoms with E-state index in [0.717, 1.165) is 30.5 Å². The van der Waals surface area contributed by atoms with E-state index in [1.807, 2.05) is 30.3 Å². The molecule has 0 unspecified atom stereocenters. The molecule has 2 fully saturated rings. The van der Waals surface area contributed by atoms with Gasteiger partial charge in [0.15, 0.2) is 0 Å². The molecule has 0 radical (unpaired) electrons. The zero-order valence-corrected chi connectivity index (χ0v) is 19.2. The Bertz CT molecular complexity index is 1090. The Morgan fingerprint density at radius 3 is 2.74 bits per heavy atom. The largest absolute Gasteiger partial charge is 0.488 e. The zero-order valence-electron chi connectivity index (χ0n) is 19.2. The molecule has 178 valence electrons. The SMILES string of the molecule is O=C(Nc1ccc(-c2nn[nH]n2)cc1OC1CCOCC1)c1cccc(CC2CCCCC2)n1. The Labute approximate surface area is 198 Å². The molecule has 3 aromatic rings. The summed E-state index contributed by atoms with van der Waals surface area (Å²) in [5.41, 5.74) is 2.72. The maximum absolute atomic E-state index is 13.1. The zero-order chi connectivity index (χ0) is 23.2. The lowest BCUT2D eigenvalue weighted by Crippen LogP contribution is -2.26. The molecular weight excluding hydrogens is 432 g/mol. The second-order valence-corrected chi connectivity index (χ2v) is 9.05. The molecule has 1 aromatic carbocycles. The van der Waals surface area contributed by atoms with E-state index in [4.69, 9.17) is 9.47 Å². The number of hydrogen-bond acceptors (Lipinski definition) is 7. The van der Waals surface area contributed by atoms with Crippen molar-refractivity contribution in [3.8, 4) is 17.1 Å². The predicted molar refractivity (Wildman–Crippen MR) is 127 cm³/mol. The number of rotatable bonds is 7. The number of pyridine rings is 1. The molecule has 2 aromatic heterocycles. The third kappa shape index (κ3) is 5.59. The third-order valence-electron chi connectivity index (χ3n) is 6.56. The molecular formula is C25H30N6O3. The Morgan fingerprint density at radius 2 is 1.94 bits per heavy atom. The van der Waals surface area contributed by atoms with E-state index in [2.05, 4.69) is 30.9 Å². The number of carbonyl (C=O) groups is 1. The normalized spacial score (nSPS) is 17.4. The van der Waals surface area contributed by atoms with Crippen molar-refractivity contribution in [3.05, 3.63) is 47.8 Å². The first-order valence-corrected chi connectivity index (χ1v) is 12.1. The summed E-state index contributed by atoms with van der Waals surface area (Å²) in [6.07, 6.45) is 8.95. The van der Waals surface area contributed by atoms with E-state index >= 15 is 0 Å². The van der Waals surface area contributed by atoms with Crippen LogP contribution in [0.2, 0.25) is 0 Å². The van der Waals surface area contributed by atoms with Gasteiger partial charge in [0.05, 0.1) is 18.9 Å². The Hall–Kier alpha value is -3.33. The molecule has 9 nitrogen and oxygen atoms in total. The number of nitrogens with zero attached hydrogens (tertiary/aromatic N) is 4. The van der Waals surface area contributed by atoms with Crippen LogP contribution in [0.15, 0.2) is 36.4 Å².